The van der Waals surface area contributed by atoms with Crippen molar-refractivity contribution in [1.29, 1.82) is 0 Å². The van der Waals surface area contributed by atoms with Crippen molar-refractivity contribution in [3.8, 4) is 5.69 Å². The third kappa shape index (κ3) is 2.13. The monoisotopic (exact) mass is 488 g/mol. The molecule has 9 rings (SSSR count). The maximum Gasteiger partial charge on any atom is 0.197 e. The van der Waals surface area contributed by atoms with Crippen LogP contribution in [0.4, 0.5) is 0 Å². The molecule has 9 aromatic rings. The summed E-state index contributed by atoms with van der Waals surface area (Å²) in [7, 11) is 0. The first-order valence-electron chi connectivity index (χ1n) is 12.5. The Hall–Kier alpha value is -5.29. The minimum Gasteiger partial charge on any atom is -0.309 e. The van der Waals surface area contributed by atoms with E-state index in [-0.39, 0.29) is 16.3 Å². The van der Waals surface area contributed by atoms with Gasteiger partial charge in [0.15, 0.2) is 16.3 Å². The highest BCUT2D eigenvalue weighted by molar-refractivity contribution is 6.17. The standard InChI is InChI=1S/C33H16N2O3/c36-31-20-9-5-11-22-28(20)35-29-21(31)10-6-12-23(29)33(38)25-16-17(15-24(30(25)35)32(22)37)34-26-13-3-1-7-18(26)19-8-2-4-14-27(19)34/h1-16H. The minimum absolute atomic E-state index is 0.163. The Morgan fingerprint density at radius 2 is 0.763 bits per heavy atom. The molecule has 0 N–H and O–H groups in total. The van der Waals surface area contributed by atoms with E-state index in [1.165, 1.54) is 0 Å². The van der Waals surface area contributed by atoms with Gasteiger partial charge in [-0.3, -0.25) is 14.4 Å². The van der Waals surface area contributed by atoms with Crippen molar-refractivity contribution in [2.24, 2.45) is 0 Å². The van der Waals surface area contributed by atoms with E-state index in [0.717, 1.165) is 27.5 Å². The highest BCUT2D eigenvalue weighted by Crippen LogP contribution is 2.36. The summed E-state index contributed by atoms with van der Waals surface area (Å²) in [6, 6.07) is 30.7. The molecule has 0 amide bonds. The van der Waals surface area contributed by atoms with Crippen molar-refractivity contribution in [3.63, 3.8) is 0 Å². The molecule has 5 heteroatoms. The molecule has 176 valence electrons. The van der Waals surface area contributed by atoms with Crippen LogP contribution in [0.15, 0.2) is 111 Å². The third-order valence-corrected chi connectivity index (χ3v) is 8.14. The number of hydrogen-bond donors (Lipinski definition) is 0. The quantitative estimate of drug-likeness (QED) is 0.209. The van der Waals surface area contributed by atoms with E-state index in [2.05, 4.69) is 28.8 Å². The first kappa shape index (κ1) is 19.8. The predicted octanol–water partition coefficient (Wildman–Crippen LogP) is 6.04. The van der Waals surface area contributed by atoms with Gasteiger partial charge < -0.3 is 8.97 Å². The summed E-state index contributed by atoms with van der Waals surface area (Å²) in [5.74, 6) is 0. The number of pyridine rings is 3. The fourth-order valence-electron chi connectivity index (χ4n) is 6.61. The summed E-state index contributed by atoms with van der Waals surface area (Å²) < 4.78 is 4.10. The molecule has 0 bridgehead atoms. The zero-order valence-corrected chi connectivity index (χ0v) is 19.9. The fourth-order valence-corrected chi connectivity index (χ4v) is 6.61. The molecule has 0 aliphatic heterocycles. The van der Waals surface area contributed by atoms with E-state index in [0.29, 0.717) is 48.9 Å². The maximum absolute atomic E-state index is 14.0. The normalized spacial score (nSPS) is 12.5. The summed E-state index contributed by atoms with van der Waals surface area (Å²) >= 11 is 0. The van der Waals surface area contributed by atoms with Crippen LogP contribution in [0, 0.1) is 0 Å². The first-order chi connectivity index (χ1) is 18.6. The summed E-state index contributed by atoms with van der Waals surface area (Å²) in [5.41, 5.74) is 3.96. The molecule has 0 radical (unpaired) electrons. The molecule has 4 aromatic heterocycles. The number of rotatable bonds is 1. The number of nitrogens with zero attached hydrogens (tertiary/aromatic N) is 2. The van der Waals surface area contributed by atoms with Gasteiger partial charge in [0.2, 0.25) is 0 Å². The summed E-state index contributed by atoms with van der Waals surface area (Å²) in [6.45, 7) is 0. The SMILES string of the molecule is O=c1c2cccc3c(=O)c4cc(-n5c6ccccc6c6ccccc65)cc5c(=O)c6cccc1c6n(c23)c45. The average Bonchev–Trinajstić information content (AvgIpc) is 3.30. The summed E-state index contributed by atoms with van der Waals surface area (Å²) in [4.78, 5) is 41.5. The van der Waals surface area contributed by atoms with E-state index >= 15 is 0 Å². The number of aromatic nitrogens is 2. The third-order valence-electron chi connectivity index (χ3n) is 8.14. The second-order valence-electron chi connectivity index (χ2n) is 9.99. The lowest BCUT2D eigenvalue weighted by Gasteiger charge is -2.19. The molecular weight excluding hydrogens is 472 g/mol. The van der Waals surface area contributed by atoms with Crippen LogP contribution in [0.25, 0.3) is 76.4 Å². The van der Waals surface area contributed by atoms with Gasteiger partial charge in [-0.25, -0.2) is 0 Å². The predicted molar refractivity (Wildman–Crippen MR) is 154 cm³/mol. The molecule has 4 heterocycles. The molecule has 0 fully saturated rings. The van der Waals surface area contributed by atoms with Gasteiger partial charge in [0.1, 0.15) is 0 Å². The van der Waals surface area contributed by atoms with Crippen LogP contribution in [0.3, 0.4) is 0 Å². The first-order valence-corrected chi connectivity index (χ1v) is 12.5. The highest BCUT2D eigenvalue weighted by Gasteiger charge is 2.24. The fraction of sp³-hybridized carbons (Fsp3) is 0. The number of fused-ring (bicyclic) bond motifs is 3. The van der Waals surface area contributed by atoms with Gasteiger partial charge in [0, 0.05) is 48.8 Å². The van der Waals surface area contributed by atoms with E-state index in [1.54, 1.807) is 36.4 Å². The van der Waals surface area contributed by atoms with Crippen molar-refractivity contribution in [2.45, 2.75) is 0 Å². The van der Waals surface area contributed by atoms with Gasteiger partial charge in [0.05, 0.1) is 27.6 Å². The van der Waals surface area contributed by atoms with Crippen LogP contribution in [-0.4, -0.2) is 8.97 Å². The van der Waals surface area contributed by atoms with Crippen LogP contribution in [0.5, 0.6) is 0 Å². The highest BCUT2D eigenvalue weighted by atomic mass is 16.1. The molecule has 5 nitrogen and oxygen atoms in total. The molecule has 0 spiro atoms. The average molecular weight is 489 g/mol. The molecular formula is C33H16N2O3. The van der Waals surface area contributed by atoms with Gasteiger partial charge >= 0.3 is 0 Å². The lowest BCUT2D eigenvalue weighted by molar-refractivity contribution is 1.18. The van der Waals surface area contributed by atoms with Gasteiger partial charge in [-0.2, -0.15) is 0 Å². The number of hydrogen-bond acceptors (Lipinski definition) is 3. The van der Waals surface area contributed by atoms with Crippen LogP contribution in [0.1, 0.15) is 0 Å². The largest absolute Gasteiger partial charge is 0.309 e. The maximum atomic E-state index is 14.0. The second-order valence-corrected chi connectivity index (χ2v) is 9.99. The summed E-state index contributed by atoms with van der Waals surface area (Å²) in [6.07, 6.45) is 0. The lowest BCUT2D eigenvalue weighted by atomic mass is 9.97. The van der Waals surface area contributed by atoms with Gasteiger partial charge in [-0.05, 0) is 48.5 Å². The Kier molecular flexibility index (Phi) is 3.41. The Morgan fingerprint density at radius 3 is 1.24 bits per heavy atom. The molecule has 0 saturated carbocycles. The lowest BCUT2D eigenvalue weighted by Crippen LogP contribution is -2.19. The Balaban J connectivity index is 1.61. The number of para-hydroxylation sites is 4. The molecule has 0 aliphatic carbocycles. The van der Waals surface area contributed by atoms with E-state index < -0.39 is 0 Å². The minimum atomic E-state index is -0.180. The van der Waals surface area contributed by atoms with Gasteiger partial charge in [0.25, 0.3) is 0 Å². The van der Waals surface area contributed by atoms with Crippen LogP contribution < -0.4 is 16.3 Å². The van der Waals surface area contributed by atoms with Crippen LogP contribution in [-0.2, 0) is 0 Å². The van der Waals surface area contributed by atoms with Crippen molar-refractivity contribution in [3.05, 3.63) is 128 Å². The van der Waals surface area contributed by atoms with Crippen molar-refractivity contribution < 1.29 is 0 Å². The second kappa shape index (κ2) is 6.52. The number of benzene rings is 5. The molecule has 0 aliphatic rings. The zero-order chi connectivity index (χ0) is 25.3. The molecule has 0 unspecified atom stereocenters. The smallest absolute Gasteiger partial charge is 0.197 e. The molecule has 0 saturated heterocycles. The van der Waals surface area contributed by atoms with Crippen molar-refractivity contribution >= 4 is 70.7 Å². The van der Waals surface area contributed by atoms with Crippen LogP contribution in [0.2, 0.25) is 0 Å². The summed E-state index contributed by atoms with van der Waals surface area (Å²) in [5, 5.41) is 5.06. The topological polar surface area (TPSA) is 60.5 Å². The van der Waals surface area contributed by atoms with Crippen molar-refractivity contribution in [2.75, 3.05) is 0 Å². The van der Waals surface area contributed by atoms with E-state index in [4.69, 9.17) is 0 Å². The Morgan fingerprint density at radius 1 is 0.395 bits per heavy atom. The van der Waals surface area contributed by atoms with E-state index in [9.17, 15) is 14.4 Å². The Bertz CT molecular complexity index is 2460. The molecule has 0 atom stereocenters. The Labute approximate surface area is 213 Å². The zero-order valence-electron chi connectivity index (χ0n) is 19.9. The van der Waals surface area contributed by atoms with Gasteiger partial charge in [-0.1, -0.05) is 48.5 Å². The van der Waals surface area contributed by atoms with Gasteiger partial charge in [-0.15, -0.1) is 0 Å². The van der Waals surface area contributed by atoms with Crippen molar-refractivity contribution in [1.82, 2.24) is 8.97 Å². The molecule has 5 aromatic carbocycles. The molecule has 38 heavy (non-hydrogen) atoms. The van der Waals surface area contributed by atoms with Crippen LogP contribution >= 0.6 is 0 Å². The van der Waals surface area contributed by atoms with E-state index in [1.807, 2.05) is 40.8 Å².